The third kappa shape index (κ3) is 3.43. The number of hydrogen-bond donors (Lipinski definition) is 2. The molecule has 1 amide bonds. The van der Waals surface area contributed by atoms with Crippen LogP contribution in [0.2, 0.25) is 0 Å². The van der Waals surface area contributed by atoms with Crippen LogP contribution in [0, 0.1) is 0 Å². The molecule has 5 nitrogen and oxygen atoms in total. The summed E-state index contributed by atoms with van der Waals surface area (Å²) in [6.45, 7) is 1.76. The van der Waals surface area contributed by atoms with Gasteiger partial charge >= 0.3 is 0 Å². The highest BCUT2D eigenvalue weighted by Gasteiger charge is 2.32. The molecular weight excluding hydrogens is 270 g/mol. The zero-order chi connectivity index (χ0) is 14.7. The quantitative estimate of drug-likeness (QED) is 0.808. The molecule has 5 heteroatoms. The van der Waals surface area contributed by atoms with Crippen LogP contribution in [0.1, 0.15) is 17.5 Å². The van der Waals surface area contributed by atoms with Crippen molar-refractivity contribution in [3.63, 3.8) is 0 Å². The Labute approximate surface area is 123 Å². The van der Waals surface area contributed by atoms with Crippen LogP contribution in [0.15, 0.2) is 24.3 Å². The molecule has 1 saturated heterocycles. The molecule has 0 aromatic heterocycles. The second-order valence-electron chi connectivity index (χ2n) is 5.54. The third-order valence-corrected chi connectivity index (χ3v) is 3.81. The summed E-state index contributed by atoms with van der Waals surface area (Å²) in [6.07, 6.45) is 4.72. The van der Waals surface area contributed by atoms with Crippen molar-refractivity contribution in [2.45, 2.75) is 18.4 Å². The third-order valence-electron chi connectivity index (χ3n) is 3.81. The zero-order valence-corrected chi connectivity index (χ0v) is 11.8. The van der Waals surface area contributed by atoms with Crippen LogP contribution in [0.3, 0.4) is 0 Å². The van der Waals surface area contributed by atoms with Gasteiger partial charge in [-0.2, -0.15) is 0 Å². The second kappa shape index (κ2) is 5.87. The molecule has 0 spiro atoms. The van der Waals surface area contributed by atoms with Gasteiger partial charge in [0.05, 0.1) is 13.2 Å². The highest BCUT2D eigenvalue weighted by Crippen LogP contribution is 2.26. The number of fused-ring (bicyclic) bond motifs is 1. The molecule has 1 aromatic carbocycles. The van der Waals surface area contributed by atoms with E-state index >= 15 is 0 Å². The van der Waals surface area contributed by atoms with Gasteiger partial charge in [-0.05, 0) is 29.3 Å². The van der Waals surface area contributed by atoms with Crippen LogP contribution in [0.25, 0.3) is 6.08 Å². The van der Waals surface area contributed by atoms with Crippen molar-refractivity contribution < 1.29 is 19.4 Å². The van der Waals surface area contributed by atoms with E-state index in [1.807, 2.05) is 18.2 Å². The van der Waals surface area contributed by atoms with E-state index in [9.17, 15) is 9.90 Å². The number of hydrogen-bond acceptors (Lipinski definition) is 4. The summed E-state index contributed by atoms with van der Waals surface area (Å²) < 4.78 is 10.6. The number of amides is 1. The number of ether oxygens (including phenoxy) is 2. The minimum Gasteiger partial charge on any atom is -0.493 e. The topological polar surface area (TPSA) is 67.8 Å². The number of carbonyl (C=O) groups is 1. The highest BCUT2D eigenvalue weighted by molar-refractivity contribution is 5.91. The minimum absolute atomic E-state index is 0.216. The SMILES string of the molecule is O=C(/C=C/c1ccc2c(c1)CCO2)NCC1(O)CCOC1. The molecule has 1 aromatic rings. The average molecular weight is 289 g/mol. The van der Waals surface area contributed by atoms with E-state index in [1.165, 1.54) is 11.6 Å². The molecular formula is C16H19NO4. The maximum absolute atomic E-state index is 11.8. The summed E-state index contributed by atoms with van der Waals surface area (Å²) in [7, 11) is 0. The molecule has 2 aliphatic heterocycles. The molecule has 2 heterocycles. The number of aliphatic hydroxyl groups is 1. The van der Waals surface area contributed by atoms with E-state index in [1.54, 1.807) is 6.08 Å². The summed E-state index contributed by atoms with van der Waals surface area (Å²) >= 11 is 0. The Kier molecular flexibility index (Phi) is 3.94. The van der Waals surface area contributed by atoms with E-state index in [0.29, 0.717) is 13.0 Å². The van der Waals surface area contributed by atoms with Crippen LogP contribution < -0.4 is 10.1 Å². The number of benzene rings is 1. The molecule has 0 saturated carbocycles. The van der Waals surface area contributed by atoms with Crippen molar-refractivity contribution in [3.05, 3.63) is 35.4 Å². The van der Waals surface area contributed by atoms with E-state index in [0.717, 1.165) is 24.3 Å². The molecule has 0 bridgehead atoms. The van der Waals surface area contributed by atoms with Gasteiger partial charge in [-0.15, -0.1) is 0 Å². The molecule has 112 valence electrons. The van der Waals surface area contributed by atoms with E-state index < -0.39 is 5.60 Å². The van der Waals surface area contributed by atoms with Gasteiger partial charge in [0.1, 0.15) is 11.4 Å². The molecule has 0 radical (unpaired) electrons. The summed E-state index contributed by atoms with van der Waals surface area (Å²) in [5, 5.41) is 12.8. The molecule has 2 N–H and O–H groups in total. The Morgan fingerprint density at radius 3 is 3.14 bits per heavy atom. The Morgan fingerprint density at radius 1 is 1.43 bits per heavy atom. The van der Waals surface area contributed by atoms with Crippen molar-refractivity contribution in [2.24, 2.45) is 0 Å². The first kappa shape index (κ1) is 14.1. The van der Waals surface area contributed by atoms with Crippen LogP contribution in [-0.2, 0) is 16.0 Å². The largest absolute Gasteiger partial charge is 0.493 e. The van der Waals surface area contributed by atoms with Crippen molar-refractivity contribution in [3.8, 4) is 5.75 Å². The van der Waals surface area contributed by atoms with Gasteiger partial charge in [-0.25, -0.2) is 0 Å². The normalized spacial score (nSPS) is 24.0. The fourth-order valence-corrected chi connectivity index (χ4v) is 2.53. The standard InChI is InChI=1S/C16H19NO4/c18-15(17-10-16(19)6-8-20-11-16)4-2-12-1-3-14-13(9-12)5-7-21-14/h1-4,9,19H,5-8,10-11H2,(H,17,18)/b4-2+. The Morgan fingerprint density at radius 2 is 2.33 bits per heavy atom. The molecule has 21 heavy (non-hydrogen) atoms. The smallest absolute Gasteiger partial charge is 0.244 e. The molecule has 3 rings (SSSR count). The highest BCUT2D eigenvalue weighted by atomic mass is 16.5. The fraction of sp³-hybridized carbons (Fsp3) is 0.438. The van der Waals surface area contributed by atoms with Gasteiger partial charge in [-0.1, -0.05) is 6.07 Å². The lowest BCUT2D eigenvalue weighted by molar-refractivity contribution is -0.117. The lowest BCUT2D eigenvalue weighted by atomic mass is 10.0. The maximum atomic E-state index is 11.8. The van der Waals surface area contributed by atoms with Crippen LogP contribution in [-0.4, -0.2) is 43.0 Å². The van der Waals surface area contributed by atoms with Crippen LogP contribution in [0.5, 0.6) is 5.75 Å². The van der Waals surface area contributed by atoms with E-state index in [-0.39, 0.29) is 19.1 Å². The predicted molar refractivity (Wildman–Crippen MR) is 78.1 cm³/mol. The summed E-state index contributed by atoms with van der Waals surface area (Å²) in [5.41, 5.74) is 1.22. The lowest BCUT2D eigenvalue weighted by Crippen LogP contribution is -2.42. The number of rotatable bonds is 4. The van der Waals surface area contributed by atoms with E-state index in [4.69, 9.17) is 9.47 Å². The molecule has 2 aliphatic rings. The van der Waals surface area contributed by atoms with Crippen molar-refractivity contribution >= 4 is 12.0 Å². The van der Waals surface area contributed by atoms with Gasteiger partial charge in [0.25, 0.3) is 0 Å². The van der Waals surface area contributed by atoms with Crippen LogP contribution in [0.4, 0.5) is 0 Å². The number of nitrogens with one attached hydrogen (secondary N) is 1. The molecule has 1 atom stereocenters. The summed E-state index contributed by atoms with van der Waals surface area (Å²) in [5.74, 6) is 0.715. The van der Waals surface area contributed by atoms with Gasteiger partial charge in [0.15, 0.2) is 0 Å². The molecule has 0 aliphatic carbocycles. The molecule has 1 unspecified atom stereocenters. The summed E-state index contributed by atoms with van der Waals surface area (Å²) in [6, 6.07) is 5.88. The van der Waals surface area contributed by atoms with Gasteiger partial charge in [0.2, 0.25) is 5.91 Å². The van der Waals surface area contributed by atoms with Gasteiger partial charge < -0.3 is 19.9 Å². The van der Waals surface area contributed by atoms with Gasteiger partial charge in [-0.3, -0.25) is 4.79 Å². The van der Waals surface area contributed by atoms with Crippen molar-refractivity contribution in [1.29, 1.82) is 0 Å². The minimum atomic E-state index is -0.922. The summed E-state index contributed by atoms with van der Waals surface area (Å²) in [4.78, 5) is 11.8. The predicted octanol–water partition coefficient (Wildman–Crippen LogP) is 0.902. The monoisotopic (exact) mass is 289 g/mol. The zero-order valence-electron chi connectivity index (χ0n) is 11.8. The Hall–Kier alpha value is -1.85. The second-order valence-corrected chi connectivity index (χ2v) is 5.54. The Bertz CT molecular complexity index is 561. The fourth-order valence-electron chi connectivity index (χ4n) is 2.53. The lowest BCUT2D eigenvalue weighted by Gasteiger charge is -2.19. The Balaban J connectivity index is 1.54. The van der Waals surface area contributed by atoms with Crippen LogP contribution >= 0.6 is 0 Å². The first-order chi connectivity index (χ1) is 10.1. The van der Waals surface area contributed by atoms with Crippen molar-refractivity contribution in [1.82, 2.24) is 5.32 Å². The average Bonchev–Trinajstić information content (AvgIpc) is 3.11. The van der Waals surface area contributed by atoms with E-state index in [2.05, 4.69) is 5.32 Å². The number of carbonyl (C=O) groups excluding carboxylic acids is 1. The van der Waals surface area contributed by atoms with Crippen molar-refractivity contribution in [2.75, 3.05) is 26.4 Å². The van der Waals surface area contributed by atoms with Gasteiger partial charge in [0, 0.05) is 32.1 Å². The first-order valence-corrected chi connectivity index (χ1v) is 7.16. The first-order valence-electron chi connectivity index (χ1n) is 7.16. The maximum Gasteiger partial charge on any atom is 0.244 e. The molecule has 1 fully saturated rings.